The minimum absolute atomic E-state index is 0.0133. The summed E-state index contributed by atoms with van der Waals surface area (Å²) in [4.78, 5) is 13.1. The van der Waals surface area contributed by atoms with Crippen LogP contribution in [0.2, 0.25) is 0 Å². The lowest BCUT2D eigenvalue weighted by Gasteiger charge is -2.19. The van der Waals surface area contributed by atoms with Crippen molar-refractivity contribution in [1.29, 1.82) is 0 Å². The molecule has 0 saturated heterocycles. The summed E-state index contributed by atoms with van der Waals surface area (Å²) in [6, 6.07) is 4.67. The molecule has 1 unspecified atom stereocenters. The molecule has 2 bridgehead atoms. The van der Waals surface area contributed by atoms with E-state index in [-0.39, 0.29) is 18.3 Å². The highest BCUT2D eigenvalue weighted by Gasteiger charge is 2.26. The summed E-state index contributed by atoms with van der Waals surface area (Å²) in [5.41, 5.74) is 7.76. The quantitative estimate of drug-likeness (QED) is 0.509. The van der Waals surface area contributed by atoms with Crippen LogP contribution < -0.4 is 4.74 Å². The number of nitrogens with zero attached hydrogens (tertiary/aromatic N) is 4. The molecule has 1 aliphatic heterocycles. The van der Waals surface area contributed by atoms with E-state index in [4.69, 9.17) is 9.72 Å². The smallest absolute Gasteiger partial charge is 0.156 e. The summed E-state index contributed by atoms with van der Waals surface area (Å²) in [5, 5.41) is 14.2. The zero-order valence-electron chi connectivity index (χ0n) is 18.4. The maximum absolute atomic E-state index is 14.3. The van der Waals surface area contributed by atoms with Crippen LogP contribution >= 0.6 is 0 Å². The molecule has 7 nitrogen and oxygen atoms in total. The zero-order chi connectivity index (χ0) is 22.4. The van der Waals surface area contributed by atoms with E-state index in [1.165, 1.54) is 6.07 Å². The molecule has 8 heteroatoms. The monoisotopic (exact) mass is 435 g/mol. The Morgan fingerprint density at radius 3 is 2.97 bits per heavy atom. The molecule has 0 amide bonds. The summed E-state index contributed by atoms with van der Waals surface area (Å²) in [6.45, 7) is 6.85. The minimum Gasteiger partial charge on any atom is -0.493 e. The second kappa shape index (κ2) is 8.02. The Morgan fingerprint density at radius 1 is 1.34 bits per heavy atom. The van der Waals surface area contributed by atoms with Gasteiger partial charge in [0.25, 0.3) is 0 Å². The number of rotatable bonds is 3. The highest BCUT2D eigenvalue weighted by molar-refractivity contribution is 5.81. The predicted octanol–water partition coefficient (Wildman–Crippen LogP) is 3.91. The number of hydrogen-bond acceptors (Lipinski definition) is 5. The number of aromatic amines is 1. The summed E-state index contributed by atoms with van der Waals surface area (Å²) in [7, 11) is 0. The van der Waals surface area contributed by atoms with Gasteiger partial charge in [0, 0.05) is 34.7 Å². The number of aliphatic hydroxyl groups excluding tert-OH is 1. The molecule has 0 aliphatic carbocycles. The van der Waals surface area contributed by atoms with Gasteiger partial charge in [-0.3, -0.25) is 4.68 Å². The summed E-state index contributed by atoms with van der Waals surface area (Å²) < 4.78 is 22.2. The van der Waals surface area contributed by atoms with Crippen LogP contribution in [0.5, 0.6) is 5.75 Å². The third-order valence-corrected chi connectivity index (χ3v) is 6.24. The molecule has 1 aliphatic rings. The molecule has 0 spiro atoms. The van der Waals surface area contributed by atoms with Crippen LogP contribution in [0, 0.1) is 12.7 Å². The van der Waals surface area contributed by atoms with Crippen molar-refractivity contribution in [2.24, 2.45) is 0 Å². The Labute approximate surface area is 185 Å². The van der Waals surface area contributed by atoms with Crippen molar-refractivity contribution < 1.29 is 14.2 Å². The third kappa shape index (κ3) is 3.26. The van der Waals surface area contributed by atoms with Gasteiger partial charge in [-0.2, -0.15) is 5.10 Å². The average Bonchev–Trinajstić information content (AvgIpc) is 3.30. The van der Waals surface area contributed by atoms with Gasteiger partial charge in [-0.15, -0.1) is 0 Å². The first-order valence-electron chi connectivity index (χ1n) is 11.0. The number of aliphatic hydroxyl groups is 1. The van der Waals surface area contributed by atoms with E-state index >= 15 is 0 Å². The molecule has 5 rings (SSSR count). The fourth-order valence-electron chi connectivity index (χ4n) is 4.79. The van der Waals surface area contributed by atoms with E-state index in [2.05, 4.69) is 28.9 Å². The molecule has 2 N–H and O–H groups in total. The number of aromatic nitrogens is 5. The first-order valence-corrected chi connectivity index (χ1v) is 11.0. The molecule has 0 radical (unpaired) electrons. The van der Waals surface area contributed by atoms with Crippen molar-refractivity contribution in [2.45, 2.75) is 46.1 Å². The Kier molecular flexibility index (Phi) is 5.17. The van der Waals surface area contributed by atoms with Gasteiger partial charge in [0.15, 0.2) is 5.65 Å². The SMILES string of the molecule is CCc1[nH]c2ncc3nc2c1C(C)c1cc(F)ccc1OCCc1c-3c(C)nn1CCO. The van der Waals surface area contributed by atoms with Crippen LogP contribution in [0.25, 0.3) is 22.4 Å². The van der Waals surface area contributed by atoms with Crippen LogP contribution in [-0.2, 0) is 19.4 Å². The average molecular weight is 436 g/mol. The molecule has 4 heterocycles. The number of hydrogen-bond donors (Lipinski definition) is 2. The van der Waals surface area contributed by atoms with E-state index in [1.54, 1.807) is 18.3 Å². The van der Waals surface area contributed by atoms with Gasteiger partial charge in [-0.05, 0) is 31.5 Å². The van der Waals surface area contributed by atoms with Gasteiger partial charge in [0.2, 0.25) is 0 Å². The molecule has 0 saturated carbocycles. The summed E-state index contributed by atoms with van der Waals surface area (Å²) in [5.74, 6) is 0.229. The molecule has 32 heavy (non-hydrogen) atoms. The molecular weight excluding hydrogens is 409 g/mol. The largest absolute Gasteiger partial charge is 0.493 e. The van der Waals surface area contributed by atoms with Crippen LogP contribution in [0.4, 0.5) is 4.39 Å². The molecule has 3 aromatic heterocycles. The standard InChI is InChI=1S/C24H26FN5O2/c1-4-17-21-13(2)16-11-15(25)5-6-20(16)32-10-7-19-22(14(3)29-30(19)8-9-31)18-12-26-24(28-17)23(21)27-18/h5-6,11-13,31H,4,7-10H2,1-3H3,(H,26,28). The second-order valence-electron chi connectivity index (χ2n) is 8.18. The Bertz CT molecular complexity index is 1310. The van der Waals surface area contributed by atoms with Crippen LogP contribution in [-0.4, -0.2) is 43.1 Å². The van der Waals surface area contributed by atoms with Gasteiger partial charge < -0.3 is 14.8 Å². The number of aryl methyl sites for hydroxylation is 2. The van der Waals surface area contributed by atoms with Crippen molar-refractivity contribution in [3.8, 4) is 17.0 Å². The molecule has 4 aromatic rings. The topological polar surface area (TPSA) is 88.9 Å². The second-order valence-corrected chi connectivity index (χ2v) is 8.18. The van der Waals surface area contributed by atoms with Gasteiger partial charge in [-0.25, -0.2) is 14.4 Å². The van der Waals surface area contributed by atoms with Crippen molar-refractivity contribution in [3.63, 3.8) is 0 Å². The van der Waals surface area contributed by atoms with Crippen molar-refractivity contribution in [1.82, 2.24) is 24.7 Å². The normalized spacial score (nSPS) is 15.7. The predicted molar refractivity (Wildman–Crippen MR) is 119 cm³/mol. The fourth-order valence-corrected chi connectivity index (χ4v) is 4.79. The van der Waals surface area contributed by atoms with Gasteiger partial charge in [0.05, 0.1) is 43.0 Å². The van der Waals surface area contributed by atoms with Crippen LogP contribution in [0.1, 0.15) is 48.0 Å². The first kappa shape index (κ1) is 20.6. The lowest BCUT2D eigenvalue weighted by molar-refractivity contribution is 0.263. The maximum Gasteiger partial charge on any atom is 0.156 e. The lowest BCUT2D eigenvalue weighted by atomic mass is 9.90. The molecule has 166 valence electrons. The summed E-state index contributed by atoms with van der Waals surface area (Å²) >= 11 is 0. The van der Waals surface area contributed by atoms with Crippen molar-refractivity contribution >= 4 is 11.2 Å². The van der Waals surface area contributed by atoms with Crippen molar-refractivity contribution in [3.05, 3.63) is 58.4 Å². The number of nitrogens with one attached hydrogen (secondary N) is 1. The van der Waals surface area contributed by atoms with Crippen molar-refractivity contribution in [2.75, 3.05) is 13.2 Å². The summed E-state index contributed by atoms with van der Waals surface area (Å²) in [6.07, 6.45) is 3.11. The van der Waals surface area contributed by atoms with Gasteiger partial charge >= 0.3 is 0 Å². The number of halogens is 1. The van der Waals surface area contributed by atoms with E-state index < -0.39 is 0 Å². The third-order valence-electron chi connectivity index (χ3n) is 6.24. The molecule has 1 atom stereocenters. The van der Waals surface area contributed by atoms with E-state index in [9.17, 15) is 9.50 Å². The molecule has 1 aromatic carbocycles. The minimum atomic E-state index is -0.296. The van der Waals surface area contributed by atoms with E-state index in [0.717, 1.165) is 51.4 Å². The Hall–Kier alpha value is -3.26. The number of benzene rings is 1. The number of ether oxygens (including phenoxy) is 1. The lowest BCUT2D eigenvalue weighted by Crippen LogP contribution is -2.13. The van der Waals surface area contributed by atoms with Gasteiger partial charge in [0.1, 0.15) is 17.1 Å². The zero-order valence-corrected chi connectivity index (χ0v) is 18.4. The van der Waals surface area contributed by atoms with Crippen LogP contribution in [0.15, 0.2) is 24.4 Å². The Morgan fingerprint density at radius 2 is 2.19 bits per heavy atom. The first-order chi connectivity index (χ1) is 15.5. The molecule has 0 fully saturated rings. The van der Waals surface area contributed by atoms with Crippen LogP contribution in [0.3, 0.4) is 0 Å². The number of H-pyrrole nitrogens is 1. The maximum atomic E-state index is 14.3. The van der Waals surface area contributed by atoms with E-state index in [0.29, 0.717) is 31.0 Å². The molecular formula is C24H26FN5O2. The Balaban J connectivity index is 1.81. The highest BCUT2D eigenvalue weighted by Crippen LogP contribution is 2.39. The highest BCUT2D eigenvalue weighted by atomic mass is 19.1. The fraction of sp³-hybridized carbons (Fsp3) is 0.375. The van der Waals surface area contributed by atoms with E-state index in [1.807, 2.05) is 11.6 Å². The number of fused-ring (bicyclic) bond motifs is 4. The van der Waals surface area contributed by atoms with Gasteiger partial charge in [-0.1, -0.05) is 13.8 Å².